The maximum Gasteiger partial charge on any atom is 0.252 e. The minimum Gasteiger partial charge on any atom is -0.350 e. The molecule has 0 atom stereocenters. The molecule has 0 heterocycles. The predicted octanol–water partition coefficient (Wildman–Crippen LogP) is 3.92. The van der Waals surface area contributed by atoms with Gasteiger partial charge in [0.25, 0.3) is 5.91 Å². The van der Waals surface area contributed by atoms with Crippen molar-refractivity contribution in [3.05, 3.63) is 33.3 Å². The fraction of sp³-hybridized carbons (Fsp3) is 0.500. The first-order valence-corrected chi connectivity index (χ1v) is 7.69. The Labute approximate surface area is 139 Å². The fourth-order valence-electron chi connectivity index (χ4n) is 2.46. The number of halogens is 3. The molecular formula is C14H19BrCl2N2O. The lowest BCUT2D eigenvalue weighted by molar-refractivity contribution is 0.0938. The Bertz CT molecular complexity index is 476. The average molecular weight is 382 g/mol. The number of hydrogen-bond donors (Lipinski definition) is 2. The van der Waals surface area contributed by atoms with Gasteiger partial charge in [0.05, 0.1) is 10.6 Å². The highest BCUT2D eigenvalue weighted by Gasteiger charge is 2.28. The molecule has 6 heteroatoms. The molecule has 3 N–H and O–H groups in total. The minimum absolute atomic E-state index is 0. The number of benzene rings is 1. The second kappa shape index (κ2) is 7.64. The van der Waals surface area contributed by atoms with E-state index in [-0.39, 0.29) is 23.9 Å². The van der Waals surface area contributed by atoms with Gasteiger partial charge in [-0.1, -0.05) is 46.8 Å². The first-order chi connectivity index (χ1) is 9.00. The molecule has 0 radical (unpaired) electrons. The number of carbonyl (C=O) groups is 1. The minimum atomic E-state index is -0.254. The van der Waals surface area contributed by atoms with E-state index in [9.17, 15) is 4.79 Å². The van der Waals surface area contributed by atoms with Crippen molar-refractivity contribution in [1.29, 1.82) is 0 Å². The van der Waals surface area contributed by atoms with Crippen molar-refractivity contribution >= 4 is 45.8 Å². The summed E-state index contributed by atoms with van der Waals surface area (Å²) >= 11 is 9.38. The van der Waals surface area contributed by atoms with E-state index >= 15 is 0 Å². The summed E-state index contributed by atoms with van der Waals surface area (Å²) in [6.45, 7) is 0.512. The highest BCUT2D eigenvalue weighted by molar-refractivity contribution is 9.10. The van der Waals surface area contributed by atoms with Gasteiger partial charge < -0.3 is 11.1 Å². The lowest BCUT2D eigenvalue weighted by Crippen LogP contribution is -2.51. The number of nitrogens with one attached hydrogen (secondary N) is 1. The number of nitrogens with two attached hydrogens (primary N) is 1. The zero-order valence-corrected chi connectivity index (χ0v) is 14.3. The van der Waals surface area contributed by atoms with Gasteiger partial charge in [-0.15, -0.1) is 12.4 Å². The van der Waals surface area contributed by atoms with Gasteiger partial charge in [0.15, 0.2) is 0 Å². The second-order valence-corrected chi connectivity index (χ2v) is 6.55. The first kappa shape index (κ1) is 17.8. The Balaban J connectivity index is 0.00000200. The molecule has 0 bridgehead atoms. The van der Waals surface area contributed by atoms with E-state index < -0.39 is 0 Å². The Hall–Kier alpha value is -0.290. The lowest BCUT2D eigenvalue weighted by atomic mass is 9.82. The van der Waals surface area contributed by atoms with E-state index in [2.05, 4.69) is 21.2 Å². The van der Waals surface area contributed by atoms with E-state index in [1.807, 2.05) is 0 Å². The Morgan fingerprint density at radius 3 is 2.60 bits per heavy atom. The van der Waals surface area contributed by atoms with Crippen LogP contribution in [-0.2, 0) is 0 Å². The molecule has 0 saturated heterocycles. The van der Waals surface area contributed by atoms with E-state index in [1.54, 1.807) is 18.2 Å². The summed E-state index contributed by atoms with van der Waals surface area (Å²) in [6, 6.07) is 5.24. The fourth-order valence-corrected chi connectivity index (χ4v) is 3.22. The van der Waals surface area contributed by atoms with Crippen LogP contribution in [0.15, 0.2) is 22.7 Å². The van der Waals surface area contributed by atoms with Crippen LogP contribution in [0.4, 0.5) is 0 Å². The zero-order valence-electron chi connectivity index (χ0n) is 11.1. The van der Waals surface area contributed by atoms with Gasteiger partial charge in [0, 0.05) is 16.6 Å². The topological polar surface area (TPSA) is 55.1 Å². The lowest BCUT2D eigenvalue weighted by Gasteiger charge is -2.33. The zero-order chi connectivity index (χ0) is 13.9. The van der Waals surface area contributed by atoms with Gasteiger partial charge in [-0.3, -0.25) is 4.79 Å². The van der Waals surface area contributed by atoms with Gasteiger partial charge in [-0.05, 0) is 31.0 Å². The Morgan fingerprint density at radius 1 is 1.35 bits per heavy atom. The van der Waals surface area contributed by atoms with Crippen LogP contribution >= 0.6 is 39.9 Å². The summed E-state index contributed by atoms with van der Waals surface area (Å²) in [6.07, 6.45) is 5.48. The van der Waals surface area contributed by atoms with Crippen LogP contribution in [0.1, 0.15) is 42.5 Å². The third-order valence-corrected chi connectivity index (χ3v) is 4.43. The number of amides is 1. The standard InChI is InChI=1S/C14H18BrClN2O.ClH/c15-10-4-5-11(12(16)8-10)13(19)18-9-14(17)6-2-1-3-7-14;/h4-5,8H,1-3,6-7,9,17H2,(H,18,19);1H. The van der Waals surface area contributed by atoms with Crippen LogP contribution in [0.25, 0.3) is 0 Å². The van der Waals surface area contributed by atoms with Gasteiger partial charge in [0.2, 0.25) is 0 Å². The van der Waals surface area contributed by atoms with Crippen LogP contribution in [0.5, 0.6) is 0 Å². The molecule has 1 fully saturated rings. The summed E-state index contributed by atoms with van der Waals surface area (Å²) in [5.74, 6) is -0.159. The molecule has 1 amide bonds. The van der Waals surface area contributed by atoms with Gasteiger partial charge >= 0.3 is 0 Å². The molecule has 112 valence electrons. The second-order valence-electron chi connectivity index (χ2n) is 5.23. The molecule has 0 aliphatic heterocycles. The molecule has 1 aromatic carbocycles. The largest absolute Gasteiger partial charge is 0.350 e. The average Bonchev–Trinajstić information content (AvgIpc) is 2.37. The van der Waals surface area contributed by atoms with Gasteiger partial charge in [0.1, 0.15) is 0 Å². The van der Waals surface area contributed by atoms with E-state index in [0.29, 0.717) is 17.1 Å². The van der Waals surface area contributed by atoms with Crippen molar-refractivity contribution in [3.8, 4) is 0 Å². The molecule has 1 saturated carbocycles. The van der Waals surface area contributed by atoms with Crippen molar-refractivity contribution in [2.45, 2.75) is 37.6 Å². The summed E-state index contributed by atoms with van der Waals surface area (Å²) < 4.78 is 0.858. The summed E-state index contributed by atoms with van der Waals surface area (Å²) in [5.41, 5.74) is 6.53. The molecule has 3 nitrogen and oxygen atoms in total. The molecule has 0 unspecified atom stereocenters. The Morgan fingerprint density at radius 2 is 2.00 bits per heavy atom. The van der Waals surface area contributed by atoms with E-state index in [1.165, 1.54) is 6.42 Å². The van der Waals surface area contributed by atoms with Gasteiger partial charge in [-0.2, -0.15) is 0 Å². The highest BCUT2D eigenvalue weighted by Crippen LogP contribution is 2.26. The number of hydrogen-bond acceptors (Lipinski definition) is 2. The molecule has 1 aliphatic carbocycles. The maximum atomic E-state index is 12.1. The maximum absolute atomic E-state index is 12.1. The highest BCUT2D eigenvalue weighted by atomic mass is 79.9. The van der Waals surface area contributed by atoms with Crippen LogP contribution in [0, 0.1) is 0 Å². The predicted molar refractivity (Wildman–Crippen MR) is 88.7 cm³/mol. The van der Waals surface area contributed by atoms with Crippen LogP contribution in [0.2, 0.25) is 5.02 Å². The molecule has 2 rings (SSSR count). The molecule has 1 aliphatic rings. The monoisotopic (exact) mass is 380 g/mol. The van der Waals surface area contributed by atoms with Gasteiger partial charge in [-0.25, -0.2) is 0 Å². The normalized spacial score (nSPS) is 17.1. The smallest absolute Gasteiger partial charge is 0.252 e. The Kier molecular flexibility index (Phi) is 6.79. The van der Waals surface area contributed by atoms with Crippen LogP contribution < -0.4 is 11.1 Å². The number of carbonyl (C=O) groups excluding carboxylic acids is 1. The van der Waals surface area contributed by atoms with Crippen LogP contribution in [-0.4, -0.2) is 18.0 Å². The number of rotatable bonds is 3. The molecule has 0 aromatic heterocycles. The third-order valence-electron chi connectivity index (χ3n) is 3.63. The summed E-state index contributed by atoms with van der Waals surface area (Å²) in [4.78, 5) is 12.1. The molecule has 20 heavy (non-hydrogen) atoms. The third kappa shape index (κ3) is 4.62. The SMILES string of the molecule is Cl.NC1(CNC(=O)c2ccc(Br)cc2Cl)CCCCC1. The van der Waals surface area contributed by atoms with Crippen molar-refractivity contribution in [2.75, 3.05) is 6.54 Å². The summed E-state index contributed by atoms with van der Waals surface area (Å²) in [7, 11) is 0. The van der Waals surface area contributed by atoms with Crippen molar-refractivity contribution in [1.82, 2.24) is 5.32 Å². The quantitative estimate of drug-likeness (QED) is 0.833. The first-order valence-electron chi connectivity index (χ1n) is 6.52. The van der Waals surface area contributed by atoms with Crippen molar-refractivity contribution in [2.24, 2.45) is 5.73 Å². The van der Waals surface area contributed by atoms with Crippen molar-refractivity contribution < 1.29 is 4.79 Å². The van der Waals surface area contributed by atoms with Crippen molar-refractivity contribution in [3.63, 3.8) is 0 Å². The molecular weight excluding hydrogens is 363 g/mol. The van der Waals surface area contributed by atoms with Crippen LogP contribution in [0.3, 0.4) is 0 Å². The molecule has 1 aromatic rings. The molecule has 0 spiro atoms. The van der Waals surface area contributed by atoms with E-state index in [4.69, 9.17) is 17.3 Å². The summed E-state index contributed by atoms with van der Waals surface area (Å²) in [5, 5.41) is 3.35. The van der Waals surface area contributed by atoms with E-state index in [0.717, 1.165) is 30.2 Å².